The first-order chi connectivity index (χ1) is 10.4. The highest BCUT2D eigenvalue weighted by atomic mass is 16.6. The third-order valence-corrected chi connectivity index (χ3v) is 3.51. The summed E-state index contributed by atoms with van der Waals surface area (Å²) < 4.78 is 4.92. The monoisotopic (exact) mass is 313 g/mol. The molecule has 0 bridgehead atoms. The van der Waals surface area contributed by atoms with Gasteiger partial charge >= 0.3 is 6.09 Å². The Balaban J connectivity index is 2.27. The van der Waals surface area contributed by atoms with Crippen LogP contribution >= 0.6 is 0 Å². The molecular weight excluding hydrogens is 286 g/mol. The second-order valence-electron chi connectivity index (χ2n) is 5.78. The molecule has 1 saturated heterocycles. The van der Waals surface area contributed by atoms with Crippen molar-refractivity contribution in [1.29, 1.82) is 0 Å². The van der Waals surface area contributed by atoms with E-state index in [0.717, 1.165) is 6.42 Å². The minimum absolute atomic E-state index is 0.127. The average Bonchev–Trinajstić information content (AvgIpc) is 2.47. The van der Waals surface area contributed by atoms with Crippen molar-refractivity contribution < 1.29 is 19.1 Å². The number of nitrogens with zero attached hydrogens (tertiary/aromatic N) is 2. The number of amides is 3. The molecule has 0 saturated carbocycles. The van der Waals surface area contributed by atoms with E-state index in [2.05, 4.69) is 19.2 Å². The summed E-state index contributed by atoms with van der Waals surface area (Å²) in [5.41, 5.74) is 0. The van der Waals surface area contributed by atoms with Crippen LogP contribution in [0.2, 0.25) is 0 Å². The normalized spacial score (nSPS) is 14.9. The van der Waals surface area contributed by atoms with Gasteiger partial charge in [0.1, 0.15) is 6.42 Å². The third kappa shape index (κ3) is 6.32. The molecule has 0 aromatic heterocycles. The lowest BCUT2D eigenvalue weighted by atomic mass is 10.1. The lowest BCUT2D eigenvalue weighted by Crippen LogP contribution is -2.51. The van der Waals surface area contributed by atoms with Crippen molar-refractivity contribution in [2.24, 2.45) is 5.92 Å². The minimum Gasteiger partial charge on any atom is -0.450 e. The number of rotatable bonds is 6. The Morgan fingerprint density at radius 2 is 1.68 bits per heavy atom. The number of nitrogens with one attached hydrogen (secondary N) is 1. The van der Waals surface area contributed by atoms with Crippen LogP contribution < -0.4 is 5.32 Å². The van der Waals surface area contributed by atoms with Gasteiger partial charge in [-0.3, -0.25) is 9.59 Å². The summed E-state index contributed by atoms with van der Waals surface area (Å²) in [6.07, 6.45) is 0.427. The Labute approximate surface area is 132 Å². The van der Waals surface area contributed by atoms with Gasteiger partial charge in [0.25, 0.3) is 0 Å². The van der Waals surface area contributed by atoms with E-state index in [4.69, 9.17) is 4.74 Å². The van der Waals surface area contributed by atoms with Gasteiger partial charge < -0.3 is 19.9 Å². The molecule has 0 radical (unpaired) electrons. The molecular formula is C15H27N3O4. The van der Waals surface area contributed by atoms with Crippen molar-refractivity contribution in [3.8, 4) is 0 Å². The molecule has 0 spiro atoms. The van der Waals surface area contributed by atoms with Gasteiger partial charge in [0.2, 0.25) is 11.8 Å². The standard InChI is InChI=1S/C15H27N3O4/c1-4-22-15(21)18-9-7-17(8-10-18)14(20)11-13(19)16-6-5-12(2)3/h12H,4-11H2,1-3H3,(H,16,19). The van der Waals surface area contributed by atoms with Crippen LogP contribution in [0, 0.1) is 5.92 Å². The number of carbonyl (C=O) groups excluding carboxylic acids is 3. The number of hydrogen-bond acceptors (Lipinski definition) is 4. The van der Waals surface area contributed by atoms with Crippen LogP contribution in [-0.4, -0.2) is 67.0 Å². The highest BCUT2D eigenvalue weighted by Gasteiger charge is 2.25. The summed E-state index contributed by atoms with van der Waals surface area (Å²) in [4.78, 5) is 38.5. The lowest BCUT2D eigenvalue weighted by molar-refractivity contribution is -0.137. The molecule has 0 aliphatic carbocycles. The molecule has 0 atom stereocenters. The van der Waals surface area contributed by atoms with Crippen LogP contribution in [-0.2, 0) is 14.3 Å². The van der Waals surface area contributed by atoms with E-state index in [-0.39, 0.29) is 24.3 Å². The van der Waals surface area contributed by atoms with Gasteiger partial charge in [0.15, 0.2) is 0 Å². The average molecular weight is 313 g/mol. The molecule has 7 heteroatoms. The maximum Gasteiger partial charge on any atom is 0.409 e. The SMILES string of the molecule is CCOC(=O)N1CCN(C(=O)CC(=O)NCCC(C)C)CC1. The predicted octanol–water partition coefficient (Wildman–Crippen LogP) is 0.840. The minimum atomic E-state index is -0.346. The van der Waals surface area contributed by atoms with E-state index in [0.29, 0.717) is 45.2 Å². The van der Waals surface area contributed by atoms with Gasteiger partial charge in [0.05, 0.1) is 6.61 Å². The zero-order chi connectivity index (χ0) is 16.5. The summed E-state index contributed by atoms with van der Waals surface area (Å²) in [6.45, 7) is 8.64. The molecule has 1 aliphatic rings. The van der Waals surface area contributed by atoms with Gasteiger partial charge in [-0.05, 0) is 19.3 Å². The Morgan fingerprint density at radius 1 is 1.09 bits per heavy atom. The fourth-order valence-electron chi connectivity index (χ4n) is 2.17. The van der Waals surface area contributed by atoms with Crippen LogP contribution in [0.5, 0.6) is 0 Å². The Kier molecular flexibility index (Phi) is 7.70. The van der Waals surface area contributed by atoms with Crippen molar-refractivity contribution in [3.63, 3.8) is 0 Å². The van der Waals surface area contributed by atoms with Crippen molar-refractivity contribution in [3.05, 3.63) is 0 Å². The Hall–Kier alpha value is -1.79. The first-order valence-electron chi connectivity index (χ1n) is 7.90. The lowest BCUT2D eigenvalue weighted by Gasteiger charge is -2.34. The van der Waals surface area contributed by atoms with E-state index in [1.807, 2.05) is 0 Å². The molecule has 0 unspecified atom stereocenters. The molecule has 7 nitrogen and oxygen atoms in total. The molecule has 1 N–H and O–H groups in total. The van der Waals surface area contributed by atoms with Crippen molar-refractivity contribution in [2.75, 3.05) is 39.3 Å². The van der Waals surface area contributed by atoms with Gasteiger partial charge in [-0.2, -0.15) is 0 Å². The van der Waals surface area contributed by atoms with E-state index in [1.54, 1.807) is 16.7 Å². The first kappa shape index (κ1) is 18.3. The quantitative estimate of drug-likeness (QED) is 0.737. The zero-order valence-corrected chi connectivity index (χ0v) is 13.8. The molecule has 3 amide bonds. The number of piperazine rings is 1. The highest BCUT2D eigenvalue weighted by molar-refractivity contribution is 5.96. The Morgan fingerprint density at radius 3 is 2.23 bits per heavy atom. The van der Waals surface area contributed by atoms with Crippen LogP contribution in [0.15, 0.2) is 0 Å². The van der Waals surface area contributed by atoms with Crippen LogP contribution in [0.3, 0.4) is 0 Å². The summed E-state index contributed by atoms with van der Waals surface area (Å²) in [6, 6.07) is 0. The topological polar surface area (TPSA) is 79.0 Å². The van der Waals surface area contributed by atoms with E-state index in [1.165, 1.54) is 0 Å². The fraction of sp³-hybridized carbons (Fsp3) is 0.800. The van der Waals surface area contributed by atoms with Crippen molar-refractivity contribution in [2.45, 2.75) is 33.6 Å². The molecule has 0 aromatic rings. The molecule has 1 aliphatic heterocycles. The predicted molar refractivity (Wildman–Crippen MR) is 82.3 cm³/mol. The summed E-state index contributed by atoms with van der Waals surface area (Å²) in [5.74, 6) is 0.0935. The summed E-state index contributed by atoms with van der Waals surface area (Å²) in [7, 11) is 0. The second-order valence-corrected chi connectivity index (χ2v) is 5.78. The fourth-order valence-corrected chi connectivity index (χ4v) is 2.17. The molecule has 126 valence electrons. The largest absolute Gasteiger partial charge is 0.450 e. The Bertz CT molecular complexity index is 390. The summed E-state index contributed by atoms with van der Waals surface area (Å²) >= 11 is 0. The third-order valence-electron chi connectivity index (χ3n) is 3.51. The molecule has 1 heterocycles. The number of hydrogen-bond donors (Lipinski definition) is 1. The molecule has 1 rings (SSSR count). The smallest absolute Gasteiger partial charge is 0.409 e. The molecule has 22 heavy (non-hydrogen) atoms. The van der Waals surface area contributed by atoms with E-state index < -0.39 is 0 Å². The molecule has 0 aromatic carbocycles. The highest BCUT2D eigenvalue weighted by Crippen LogP contribution is 2.06. The maximum absolute atomic E-state index is 12.0. The number of carbonyl (C=O) groups is 3. The maximum atomic E-state index is 12.0. The van der Waals surface area contributed by atoms with Gasteiger partial charge in [-0.1, -0.05) is 13.8 Å². The van der Waals surface area contributed by atoms with Gasteiger partial charge in [-0.25, -0.2) is 4.79 Å². The first-order valence-corrected chi connectivity index (χ1v) is 7.90. The van der Waals surface area contributed by atoms with Crippen LogP contribution in [0.1, 0.15) is 33.6 Å². The van der Waals surface area contributed by atoms with Crippen molar-refractivity contribution in [1.82, 2.24) is 15.1 Å². The van der Waals surface area contributed by atoms with E-state index >= 15 is 0 Å². The second kappa shape index (κ2) is 9.27. The van der Waals surface area contributed by atoms with Gasteiger partial charge in [-0.15, -0.1) is 0 Å². The molecule has 1 fully saturated rings. The van der Waals surface area contributed by atoms with E-state index in [9.17, 15) is 14.4 Å². The number of ether oxygens (including phenoxy) is 1. The summed E-state index contributed by atoms with van der Waals surface area (Å²) in [5, 5.41) is 2.76. The van der Waals surface area contributed by atoms with Crippen LogP contribution in [0.25, 0.3) is 0 Å². The zero-order valence-electron chi connectivity index (χ0n) is 13.8. The van der Waals surface area contributed by atoms with Crippen molar-refractivity contribution >= 4 is 17.9 Å². The van der Waals surface area contributed by atoms with Crippen LogP contribution in [0.4, 0.5) is 4.79 Å². The van der Waals surface area contributed by atoms with Gasteiger partial charge in [0, 0.05) is 32.7 Å².